The van der Waals surface area contributed by atoms with Crippen molar-refractivity contribution in [2.75, 3.05) is 0 Å². The maximum atomic E-state index is 6.06. The Balaban J connectivity index is 1.77. The highest BCUT2D eigenvalue weighted by molar-refractivity contribution is 6.42. The van der Waals surface area contributed by atoms with Crippen LogP contribution < -0.4 is 0 Å². The van der Waals surface area contributed by atoms with E-state index in [1.165, 1.54) is 11.1 Å². The van der Waals surface area contributed by atoms with Gasteiger partial charge in [0.2, 0.25) is 0 Å². The van der Waals surface area contributed by atoms with Crippen LogP contribution in [0.1, 0.15) is 16.7 Å². The van der Waals surface area contributed by atoms with Crippen molar-refractivity contribution in [1.29, 1.82) is 0 Å². The molecule has 0 aliphatic carbocycles. The summed E-state index contributed by atoms with van der Waals surface area (Å²) >= 11 is 12.0. The number of halogens is 2. The molecule has 21 heavy (non-hydrogen) atoms. The minimum absolute atomic E-state index is 0.592. The molecule has 0 bridgehead atoms. The summed E-state index contributed by atoms with van der Waals surface area (Å²) in [6.07, 6.45) is 6.42. The van der Waals surface area contributed by atoms with Gasteiger partial charge in [-0.2, -0.15) is 0 Å². The number of hydrogen-bond donors (Lipinski definition) is 0. The first-order chi connectivity index (χ1) is 10.2. The summed E-state index contributed by atoms with van der Waals surface area (Å²) in [5.74, 6) is 0. The van der Waals surface area contributed by atoms with E-state index in [2.05, 4.69) is 33.8 Å². The number of nitrogens with zero attached hydrogens (tertiary/aromatic N) is 2. The zero-order valence-corrected chi connectivity index (χ0v) is 12.8. The third-order valence-electron chi connectivity index (χ3n) is 3.31. The second-order valence-corrected chi connectivity index (χ2v) is 5.79. The number of imidazole rings is 1. The first kappa shape index (κ1) is 14.2. The van der Waals surface area contributed by atoms with Gasteiger partial charge in [-0.1, -0.05) is 53.5 Å². The van der Waals surface area contributed by atoms with Crippen molar-refractivity contribution >= 4 is 23.2 Å². The van der Waals surface area contributed by atoms with Crippen molar-refractivity contribution in [3.05, 3.63) is 87.9 Å². The first-order valence-electron chi connectivity index (χ1n) is 6.68. The van der Waals surface area contributed by atoms with Crippen LogP contribution in [0.5, 0.6) is 0 Å². The topological polar surface area (TPSA) is 17.8 Å². The van der Waals surface area contributed by atoms with Crippen molar-refractivity contribution in [2.45, 2.75) is 13.0 Å². The van der Waals surface area contributed by atoms with E-state index in [-0.39, 0.29) is 0 Å². The predicted octanol–water partition coefficient (Wildman–Crippen LogP) is 4.83. The van der Waals surface area contributed by atoms with E-state index in [0.717, 1.165) is 18.5 Å². The van der Waals surface area contributed by atoms with Gasteiger partial charge in [0, 0.05) is 18.9 Å². The molecule has 0 amide bonds. The van der Waals surface area contributed by atoms with Crippen molar-refractivity contribution in [3.8, 4) is 0 Å². The fraction of sp³-hybridized carbons (Fsp3) is 0.118. The molecule has 0 saturated carbocycles. The van der Waals surface area contributed by atoms with Crippen LogP contribution in [-0.2, 0) is 13.0 Å². The van der Waals surface area contributed by atoms with Crippen molar-refractivity contribution in [3.63, 3.8) is 0 Å². The number of aromatic nitrogens is 2. The minimum Gasteiger partial charge on any atom is -0.333 e. The molecule has 106 valence electrons. The maximum Gasteiger partial charge on any atom is 0.0949 e. The number of benzene rings is 2. The Morgan fingerprint density at radius 2 is 1.71 bits per heavy atom. The molecule has 2 aromatic carbocycles. The maximum absolute atomic E-state index is 6.06. The number of hydrogen-bond acceptors (Lipinski definition) is 1. The molecule has 1 heterocycles. The lowest BCUT2D eigenvalue weighted by atomic mass is 10.0. The first-order valence-corrected chi connectivity index (χ1v) is 7.44. The largest absolute Gasteiger partial charge is 0.333 e. The molecular weight excluding hydrogens is 303 g/mol. The molecule has 4 heteroatoms. The molecule has 0 saturated heterocycles. The zero-order chi connectivity index (χ0) is 14.7. The van der Waals surface area contributed by atoms with Gasteiger partial charge in [0.25, 0.3) is 0 Å². The van der Waals surface area contributed by atoms with Crippen LogP contribution in [-0.4, -0.2) is 9.55 Å². The Morgan fingerprint density at radius 3 is 2.48 bits per heavy atom. The lowest BCUT2D eigenvalue weighted by molar-refractivity contribution is 0.796. The normalized spacial score (nSPS) is 10.8. The van der Waals surface area contributed by atoms with Crippen LogP contribution in [0, 0.1) is 0 Å². The van der Waals surface area contributed by atoms with E-state index in [1.54, 1.807) is 6.20 Å². The van der Waals surface area contributed by atoms with E-state index in [4.69, 9.17) is 23.2 Å². The van der Waals surface area contributed by atoms with Gasteiger partial charge in [0.15, 0.2) is 0 Å². The van der Waals surface area contributed by atoms with Gasteiger partial charge in [0.05, 0.1) is 16.4 Å². The van der Waals surface area contributed by atoms with E-state index in [1.807, 2.05) is 30.7 Å². The molecular formula is C17H14Cl2N2. The highest BCUT2D eigenvalue weighted by Crippen LogP contribution is 2.24. The molecule has 0 aliphatic rings. The lowest BCUT2D eigenvalue weighted by Crippen LogP contribution is -1.97. The number of rotatable bonds is 4. The fourth-order valence-electron chi connectivity index (χ4n) is 2.31. The third-order valence-corrected chi connectivity index (χ3v) is 4.05. The van der Waals surface area contributed by atoms with Gasteiger partial charge in [-0.3, -0.25) is 0 Å². The summed E-state index contributed by atoms with van der Waals surface area (Å²) in [6.45, 7) is 0.829. The highest BCUT2D eigenvalue weighted by atomic mass is 35.5. The summed E-state index contributed by atoms with van der Waals surface area (Å²) in [4.78, 5) is 4.06. The van der Waals surface area contributed by atoms with E-state index >= 15 is 0 Å². The average Bonchev–Trinajstić information content (AvgIpc) is 2.96. The Morgan fingerprint density at radius 1 is 0.905 bits per heavy atom. The van der Waals surface area contributed by atoms with Crippen LogP contribution >= 0.6 is 23.2 Å². The van der Waals surface area contributed by atoms with E-state index < -0.39 is 0 Å². The van der Waals surface area contributed by atoms with Gasteiger partial charge in [0.1, 0.15) is 0 Å². The van der Waals surface area contributed by atoms with Gasteiger partial charge < -0.3 is 4.57 Å². The SMILES string of the molecule is Clc1ccc(Cc2cccc(Cn3ccnc3)c2)cc1Cl. The summed E-state index contributed by atoms with van der Waals surface area (Å²) in [7, 11) is 0. The van der Waals surface area contributed by atoms with Crippen molar-refractivity contribution < 1.29 is 0 Å². The van der Waals surface area contributed by atoms with E-state index in [9.17, 15) is 0 Å². The fourth-order valence-corrected chi connectivity index (χ4v) is 2.64. The molecule has 0 unspecified atom stereocenters. The van der Waals surface area contributed by atoms with Gasteiger partial charge >= 0.3 is 0 Å². The summed E-state index contributed by atoms with van der Waals surface area (Å²) in [6, 6.07) is 14.3. The second-order valence-electron chi connectivity index (χ2n) is 4.98. The summed E-state index contributed by atoms with van der Waals surface area (Å²) in [5.41, 5.74) is 3.67. The minimum atomic E-state index is 0.592. The van der Waals surface area contributed by atoms with Crippen LogP contribution in [0.3, 0.4) is 0 Å². The molecule has 0 spiro atoms. The average molecular weight is 317 g/mol. The second kappa shape index (κ2) is 6.33. The van der Waals surface area contributed by atoms with Crippen LogP contribution in [0.15, 0.2) is 61.2 Å². The lowest BCUT2D eigenvalue weighted by Gasteiger charge is -2.07. The molecule has 3 aromatic rings. The van der Waals surface area contributed by atoms with Gasteiger partial charge in [-0.25, -0.2) is 4.98 Å². The molecule has 0 fully saturated rings. The van der Waals surface area contributed by atoms with E-state index in [0.29, 0.717) is 10.0 Å². The van der Waals surface area contributed by atoms with Crippen LogP contribution in [0.25, 0.3) is 0 Å². The molecule has 0 aliphatic heterocycles. The molecule has 0 radical (unpaired) electrons. The Hall–Kier alpha value is -1.77. The molecule has 3 rings (SSSR count). The highest BCUT2D eigenvalue weighted by Gasteiger charge is 2.02. The van der Waals surface area contributed by atoms with Crippen molar-refractivity contribution in [2.24, 2.45) is 0 Å². The smallest absolute Gasteiger partial charge is 0.0949 e. The summed E-state index contributed by atoms with van der Waals surface area (Å²) in [5, 5.41) is 1.19. The summed E-state index contributed by atoms with van der Waals surface area (Å²) < 4.78 is 2.05. The van der Waals surface area contributed by atoms with Crippen molar-refractivity contribution in [1.82, 2.24) is 9.55 Å². The molecule has 1 aromatic heterocycles. The standard InChI is InChI=1S/C17H14Cl2N2/c18-16-5-4-14(10-17(16)19)8-13-2-1-3-15(9-13)11-21-7-6-20-12-21/h1-7,9-10,12H,8,11H2. The zero-order valence-electron chi connectivity index (χ0n) is 11.3. The molecule has 2 nitrogen and oxygen atoms in total. The predicted molar refractivity (Wildman–Crippen MR) is 87.0 cm³/mol. The third kappa shape index (κ3) is 3.66. The Bertz CT molecular complexity index is 736. The van der Waals surface area contributed by atoms with Crippen LogP contribution in [0.2, 0.25) is 10.0 Å². The molecule has 0 atom stereocenters. The monoisotopic (exact) mass is 316 g/mol. The van der Waals surface area contributed by atoms with Gasteiger partial charge in [-0.15, -0.1) is 0 Å². The quantitative estimate of drug-likeness (QED) is 0.674. The van der Waals surface area contributed by atoms with Gasteiger partial charge in [-0.05, 0) is 35.2 Å². The Kier molecular flexibility index (Phi) is 4.28. The Labute approximate surface area is 134 Å². The van der Waals surface area contributed by atoms with Crippen LogP contribution in [0.4, 0.5) is 0 Å². The molecule has 0 N–H and O–H groups in total.